The fourth-order valence-electron chi connectivity index (χ4n) is 2.41. The Bertz CT molecular complexity index is 230. The molecule has 0 aliphatic rings. The minimum atomic E-state index is 0.384. The molecule has 0 heteroatoms. The van der Waals surface area contributed by atoms with E-state index in [2.05, 4.69) is 55.4 Å². The van der Waals surface area contributed by atoms with Crippen LogP contribution in [0.5, 0.6) is 0 Å². The van der Waals surface area contributed by atoms with E-state index in [1.54, 1.807) is 11.1 Å². The molecule has 0 saturated carbocycles. The Kier molecular flexibility index (Phi) is 6.36. The Labute approximate surface area is 104 Å². The first-order valence-electron chi connectivity index (χ1n) is 6.95. The van der Waals surface area contributed by atoms with Gasteiger partial charge in [0, 0.05) is 0 Å². The fourth-order valence-corrected chi connectivity index (χ4v) is 2.41. The van der Waals surface area contributed by atoms with Crippen LogP contribution in [0.15, 0.2) is 11.1 Å². The minimum Gasteiger partial charge on any atom is -0.0733 e. The lowest BCUT2D eigenvalue weighted by Crippen LogP contribution is -2.16. The smallest absolute Gasteiger partial charge is 0.0145 e. The molecule has 0 amide bonds. The van der Waals surface area contributed by atoms with Crippen molar-refractivity contribution in [3.8, 4) is 0 Å². The van der Waals surface area contributed by atoms with Crippen LogP contribution in [0.25, 0.3) is 0 Å². The normalized spacial score (nSPS) is 16.3. The van der Waals surface area contributed by atoms with Gasteiger partial charge in [-0.25, -0.2) is 0 Å². The maximum absolute atomic E-state index is 2.38. The molecule has 0 aromatic carbocycles. The van der Waals surface area contributed by atoms with Gasteiger partial charge >= 0.3 is 0 Å². The van der Waals surface area contributed by atoms with Crippen LogP contribution in [0.4, 0.5) is 0 Å². The molecule has 0 aliphatic carbocycles. The van der Waals surface area contributed by atoms with Crippen LogP contribution in [0.3, 0.4) is 0 Å². The molecular weight excluding hydrogens is 192 g/mol. The summed E-state index contributed by atoms with van der Waals surface area (Å²) in [5, 5.41) is 0. The van der Waals surface area contributed by atoms with Gasteiger partial charge in [0.1, 0.15) is 0 Å². The Morgan fingerprint density at radius 3 is 1.88 bits per heavy atom. The summed E-state index contributed by atoms with van der Waals surface area (Å²) >= 11 is 0. The molecule has 0 radical (unpaired) electrons. The summed E-state index contributed by atoms with van der Waals surface area (Å²) in [7, 11) is 0. The molecule has 0 saturated heterocycles. The highest BCUT2D eigenvalue weighted by molar-refractivity contribution is 5.19. The molecular formula is C16H32. The second-order valence-corrected chi connectivity index (χ2v) is 6.28. The van der Waals surface area contributed by atoms with Crippen LogP contribution in [-0.2, 0) is 0 Å². The van der Waals surface area contributed by atoms with Crippen LogP contribution in [0.1, 0.15) is 74.7 Å². The first-order valence-corrected chi connectivity index (χ1v) is 6.95. The molecule has 0 aromatic rings. The van der Waals surface area contributed by atoms with Gasteiger partial charge in [-0.15, -0.1) is 0 Å². The van der Waals surface area contributed by atoms with E-state index in [0.29, 0.717) is 5.41 Å². The summed E-state index contributed by atoms with van der Waals surface area (Å²) in [6, 6.07) is 0. The predicted molar refractivity (Wildman–Crippen MR) is 75.7 cm³/mol. The summed E-state index contributed by atoms with van der Waals surface area (Å²) in [6.45, 7) is 18.7. The largest absolute Gasteiger partial charge is 0.0733 e. The summed E-state index contributed by atoms with van der Waals surface area (Å²) < 4.78 is 0. The van der Waals surface area contributed by atoms with Crippen LogP contribution >= 0.6 is 0 Å². The molecule has 0 fully saturated rings. The third-order valence-electron chi connectivity index (χ3n) is 4.34. The SMILES string of the molecule is CCC(=C(C)CC(C)C(C)C)C(C)(C)CC. The van der Waals surface area contributed by atoms with E-state index in [1.807, 2.05) is 0 Å². The second-order valence-electron chi connectivity index (χ2n) is 6.28. The number of allylic oxidation sites excluding steroid dienone is 2. The van der Waals surface area contributed by atoms with E-state index in [9.17, 15) is 0 Å². The minimum absolute atomic E-state index is 0.384. The van der Waals surface area contributed by atoms with Gasteiger partial charge in [0.15, 0.2) is 0 Å². The van der Waals surface area contributed by atoms with Gasteiger partial charge in [0.2, 0.25) is 0 Å². The Morgan fingerprint density at radius 1 is 1.06 bits per heavy atom. The van der Waals surface area contributed by atoms with Gasteiger partial charge in [-0.2, -0.15) is 0 Å². The van der Waals surface area contributed by atoms with Crippen molar-refractivity contribution < 1.29 is 0 Å². The predicted octanol–water partition coefficient (Wildman–Crippen LogP) is 5.83. The van der Waals surface area contributed by atoms with Gasteiger partial charge in [0.25, 0.3) is 0 Å². The average molecular weight is 224 g/mol. The summed E-state index contributed by atoms with van der Waals surface area (Å²) in [5.74, 6) is 1.59. The van der Waals surface area contributed by atoms with Crippen LogP contribution < -0.4 is 0 Å². The number of hydrogen-bond donors (Lipinski definition) is 0. The van der Waals surface area contributed by atoms with E-state index >= 15 is 0 Å². The molecule has 0 N–H and O–H groups in total. The van der Waals surface area contributed by atoms with Gasteiger partial charge in [-0.05, 0) is 43.4 Å². The Hall–Kier alpha value is -0.260. The highest BCUT2D eigenvalue weighted by Gasteiger charge is 2.22. The zero-order valence-corrected chi connectivity index (χ0v) is 12.8. The topological polar surface area (TPSA) is 0 Å². The first-order chi connectivity index (χ1) is 7.26. The van der Waals surface area contributed by atoms with Gasteiger partial charge < -0.3 is 0 Å². The standard InChI is InChI=1S/C16H32/c1-9-15(16(7,8)10-2)14(6)11-13(5)12(3)4/h12-13H,9-11H2,1-8H3. The van der Waals surface area contributed by atoms with Crippen molar-refractivity contribution in [1.29, 1.82) is 0 Å². The lowest BCUT2D eigenvalue weighted by Gasteiger charge is -2.30. The average Bonchev–Trinajstić information content (AvgIpc) is 2.18. The Morgan fingerprint density at radius 2 is 1.56 bits per heavy atom. The third kappa shape index (κ3) is 4.31. The van der Waals surface area contributed by atoms with Crippen molar-refractivity contribution >= 4 is 0 Å². The summed E-state index contributed by atoms with van der Waals surface area (Å²) in [5.41, 5.74) is 3.70. The molecule has 0 nitrogen and oxygen atoms in total. The van der Waals surface area contributed by atoms with Crippen molar-refractivity contribution in [2.75, 3.05) is 0 Å². The van der Waals surface area contributed by atoms with Gasteiger partial charge in [-0.3, -0.25) is 0 Å². The number of hydrogen-bond acceptors (Lipinski definition) is 0. The highest BCUT2D eigenvalue weighted by atomic mass is 14.3. The molecule has 0 spiro atoms. The van der Waals surface area contributed by atoms with E-state index in [1.165, 1.54) is 19.3 Å². The third-order valence-corrected chi connectivity index (χ3v) is 4.34. The van der Waals surface area contributed by atoms with Crippen LogP contribution in [0, 0.1) is 17.3 Å². The maximum atomic E-state index is 2.38. The van der Waals surface area contributed by atoms with Crippen molar-refractivity contribution in [2.45, 2.75) is 74.7 Å². The van der Waals surface area contributed by atoms with Gasteiger partial charge in [0.05, 0.1) is 0 Å². The molecule has 96 valence electrons. The van der Waals surface area contributed by atoms with Crippen LogP contribution in [0.2, 0.25) is 0 Å². The molecule has 16 heavy (non-hydrogen) atoms. The summed E-state index contributed by atoms with van der Waals surface area (Å²) in [6.07, 6.45) is 3.71. The Balaban J connectivity index is 4.89. The lowest BCUT2D eigenvalue weighted by molar-refractivity contribution is 0.388. The first kappa shape index (κ1) is 15.7. The molecule has 1 unspecified atom stereocenters. The molecule has 0 bridgehead atoms. The van der Waals surface area contributed by atoms with Crippen molar-refractivity contribution in [3.05, 3.63) is 11.1 Å². The quantitative estimate of drug-likeness (QED) is 0.498. The molecule has 0 heterocycles. The summed E-state index contributed by atoms with van der Waals surface area (Å²) in [4.78, 5) is 0. The maximum Gasteiger partial charge on any atom is -0.0145 e. The van der Waals surface area contributed by atoms with E-state index in [-0.39, 0.29) is 0 Å². The van der Waals surface area contributed by atoms with Gasteiger partial charge in [-0.1, -0.05) is 59.6 Å². The van der Waals surface area contributed by atoms with Crippen molar-refractivity contribution in [3.63, 3.8) is 0 Å². The second kappa shape index (κ2) is 6.47. The van der Waals surface area contributed by atoms with E-state index in [0.717, 1.165) is 11.8 Å². The fraction of sp³-hybridized carbons (Fsp3) is 0.875. The van der Waals surface area contributed by atoms with E-state index in [4.69, 9.17) is 0 Å². The van der Waals surface area contributed by atoms with Crippen molar-refractivity contribution in [1.82, 2.24) is 0 Å². The van der Waals surface area contributed by atoms with Crippen LogP contribution in [-0.4, -0.2) is 0 Å². The highest BCUT2D eigenvalue weighted by Crippen LogP contribution is 2.36. The molecule has 0 rings (SSSR count). The molecule has 0 aromatic heterocycles. The lowest BCUT2D eigenvalue weighted by atomic mass is 9.76. The molecule has 1 atom stereocenters. The zero-order chi connectivity index (χ0) is 12.9. The van der Waals surface area contributed by atoms with Crippen molar-refractivity contribution in [2.24, 2.45) is 17.3 Å². The van der Waals surface area contributed by atoms with E-state index < -0.39 is 0 Å². The number of rotatable bonds is 6. The monoisotopic (exact) mass is 224 g/mol. The molecule has 0 aliphatic heterocycles. The zero-order valence-electron chi connectivity index (χ0n) is 12.8.